The number of nitrogens with zero attached hydrogens (tertiary/aromatic N) is 3. The largest absolute Gasteiger partial charge is 0.481 e. The zero-order valence-electron chi connectivity index (χ0n) is 21.2. The van der Waals surface area contributed by atoms with Crippen LogP contribution in [0.25, 0.3) is 0 Å². The summed E-state index contributed by atoms with van der Waals surface area (Å²) in [7, 11) is -5.37. The Morgan fingerprint density at radius 3 is 2.33 bits per heavy atom. The highest BCUT2D eigenvalue weighted by molar-refractivity contribution is 7.95. The topological polar surface area (TPSA) is 155 Å². The lowest BCUT2D eigenvalue weighted by molar-refractivity contribution is -0.384. The summed E-state index contributed by atoms with van der Waals surface area (Å²) in [5.41, 5.74) is -3.80. The second kappa shape index (κ2) is 9.82. The molecule has 1 spiro atoms. The van der Waals surface area contributed by atoms with Crippen LogP contribution >= 0.6 is 0 Å². The predicted octanol–water partition coefficient (Wildman–Crippen LogP) is 3.90. The molecule has 2 aliphatic heterocycles. The summed E-state index contributed by atoms with van der Waals surface area (Å²) in [5.74, 6) is -7.82. The minimum atomic E-state index is -5.37. The molecule has 0 aromatic heterocycles. The first-order valence-corrected chi connectivity index (χ1v) is 13.6. The van der Waals surface area contributed by atoms with Gasteiger partial charge in [0.05, 0.1) is 29.1 Å². The van der Waals surface area contributed by atoms with Crippen LogP contribution in [0.2, 0.25) is 0 Å². The van der Waals surface area contributed by atoms with Crippen molar-refractivity contribution < 1.29 is 54.8 Å². The quantitative estimate of drug-likeness (QED) is 0.246. The van der Waals surface area contributed by atoms with Gasteiger partial charge in [0.25, 0.3) is 16.5 Å². The molecule has 2 atom stereocenters. The first-order valence-electron chi connectivity index (χ1n) is 12.0. The van der Waals surface area contributed by atoms with Crippen LogP contribution in [0.3, 0.4) is 0 Å². The molecule has 3 aromatic rings. The van der Waals surface area contributed by atoms with Crippen LogP contribution in [0.5, 0.6) is 0 Å². The van der Waals surface area contributed by atoms with Gasteiger partial charge in [-0.25, -0.2) is 17.2 Å². The fourth-order valence-corrected chi connectivity index (χ4v) is 7.70. The van der Waals surface area contributed by atoms with E-state index in [0.717, 1.165) is 30.3 Å². The number of non-ortho nitro benzene ring substituents is 1. The average Bonchev–Trinajstić information content (AvgIpc) is 3.26. The van der Waals surface area contributed by atoms with Crippen molar-refractivity contribution >= 4 is 44.7 Å². The van der Waals surface area contributed by atoms with Crippen molar-refractivity contribution in [2.45, 2.75) is 29.3 Å². The minimum Gasteiger partial charge on any atom is -0.481 e. The third-order valence-electron chi connectivity index (χ3n) is 7.10. The highest BCUT2D eigenvalue weighted by atomic mass is 32.2. The van der Waals surface area contributed by atoms with E-state index < -0.39 is 95.9 Å². The third kappa shape index (κ3) is 4.38. The number of nitro groups is 1. The Bertz CT molecular complexity index is 1850. The summed E-state index contributed by atoms with van der Waals surface area (Å²) in [5, 5.41) is 18.6. The van der Waals surface area contributed by atoms with E-state index in [2.05, 4.69) is 0 Å². The van der Waals surface area contributed by atoms with Crippen LogP contribution in [0.1, 0.15) is 23.1 Å². The Hall–Kier alpha value is -4.93. The summed E-state index contributed by atoms with van der Waals surface area (Å²) >= 11 is 0. The van der Waals surface area contributed by atoms with Gasteiger partial charge < -0.3 is 10.0 Å². The van der Waals surface area contributed by atoms with Crippen molar-refractivity contribution in [2.75, 3.05) is 9.80 Å². The van der Waals surface area contributed by atoms with E-state index in [-0.39, 0.29) is 16.2 Å². The van der Waals surface area contributed by atoms with Crippen molar-refractivity contribution in [3.63, 3.8) is 0 Å². The normalized spacial score (nSPS) is 21.0. The predicted molar refractivity (Wildman–Crippen MR) is 136 cm³/mol. The Balaban J connectivity index is 1.81. The Labute approximate surface area is 237 Å². The molecular weight excluding hydrogens is 609 g/mol. The SMILES string of the molecule is O=C(O)CC1C(=O)N(c2ccc(F)c(F)c2)C2(C(=O)N(Cc3cccc(C(F)(F)F)c3)c3ccc([N+](=O)[O-])cc32)S1(=O)=O. The number of hydrogen-bond donors (Lipinski definition) is 1. The van der Waals surface area contributed by atoms with E-state index in [4.69, 9.17) is 0 Å². The molecule has 2 amide bonds. The first-order chi connectivity index (χ1) is 20.0. The molecule has 3 aromatic carbocycles. The van der Waals surface area contributed by atoms with Crippen molar-refractivity contribution in [1.82, 2.24) is 0 Å². The molecule has 17 heteroatoms. The maximum atomic E-state index is 14.4. The molecule has 0 bridgehead atoms. The first kappa shape index (κ1) is 29.6. The fourth-order valence-electron chi connectivity index (χ4n) is 5.28. The van der Waals surface area contributed by atoms with E-state index in [9.17, 15) is 60.0 Å². The molecule has 1 fully saturated rings. The van der Waals surface area contributed by atoms with E-state index in [1.54, 1.807) is 0 Å². The summed E-state index contributed by atoms with van der Waals surface area (Å²) in [6, 6.07) is 7.76. The van der Waals surface area contributed by atoms with Gasteiger partial charge in [-0.3, -0.25) is 29.4 Å². The number of halogens is 5. The number of carboxylic acids is 1. The second-order valence-corrected chi connectivity index (χ2v) is 11.8. The molecule has 1 saturated heterocycles. The number of benzene rings is 3. The van der Waals surface area contributed by atoms with Gasteiger partial charge in [-0.05, 0) is 35.9 Å². The molecule has 0 saturated carbocycles. The van der Waals surface area contributed by atoms with Crippen LogP contribution in [-0.2, 0) is 41.8 Å². The summed E-state index contributed by atoms with van der Waals surface area (Å²) in [4.78, 5) is 47.9. The maximum absolute atomic E-state index is 14.4. The highest BCUT2D eigenvalue weighted by Crippen LogP contribution is 2.56. The van der Waals surface area contributed by atoms with Gasteiger partial charge in [-0.1, -0.05) is 12.1 Å². The van der Waals surface area contributed by atoms with E-state index in [1.165, 1.54) is 6.07 Å². The number of anilines is 2. The van der Waals surface area contributed by atoms with Gasteiger partial charge in [0.2, 0.25) is 15.7 Å². The smallest absolute Gasteiger partial charge is 0.416 e. The lowest BCUT2D eigenvalue weighted by atomic mass is 10.0. The number of alkyl halides is 3. The summed E-state index contributed by atoms with van der Waals surface area (Å²) in [6.45, 7) is -0.728. The van der Waals surface area contributed by atoms with Gasteiger partial charge in [0.1, 0.15) is 0 Å². The highest BCUT2D eigenvalue weighted by Gasteiger charge is 2.73. The molecule has 2 aliphatic rings. The van der Waals surface area contributed by atoms with Gasteiger partial charge in [0, 0.05) is 29.4 Å². The minimum absolute atomic E-state index is 0.160. The third-order valence-corrected chi connectivity index (χ3v) is 9.61. The maximum Gasteiger partial charge on any atom is 0.416 e. The van der Waals surface area contributed by atoms with Gasteiger partial charge in [0.15, 0.2) is 16.9 Å². The zero-order valence-corrected chi connectivity index (χ0v) is 22.0. The summed E-state index contributed by atoms with van der Waals surface area (Å²) < 4.78 is 96.7. The van der Waals surface area contributed by atoms with E-state index in [0.29, 0.717) is 29.2 Å². The Morgan fingerprint density at radius 2 is 1.72 bits per heavy atom. The van der Waals surface area contributed by atoms with Gasteiger partial charge in [-0.2, -0.15) is 13.2 Å². The molecular formula is C26H16F5N3O8S. The van der Waals surface area contributed by atoms with E-state index >= 15 is 0 Å². The number of amides is 2. The van der Waals surface area contributed by atoms with Crippen molar-refractivity contribution in [3.8, 4) is 0 Å². The number of hydrogen-bond acceptors (Lipinski definition) is 7. The molecule has 2 unspecified atom stereocenters. The Kier molecular flexibility index (Phi) is 6.75. The molecule has 5 rings (SSSR count). The number of fused-ring (bicyclic) bond motifs is 2. The lowest BCUT2D eigenvalue weighted by Gasteiger charge is -2.32. The number of aliphatic carboxylic acids is 1. The molecule has 2 heterocycles. The van der Waals surface area contributed by atoms with Crippen LogP contribution in [0.4, 0.5) is 39.0 Å². The molecule has 0 radical (unpaired) electrons. The van der Waals surface area contributed by atoms with Crippen LogP contribution in [-0.4, -0.2) is 41.5 Å². The monoisotopic (exact) mass is 625 g/mol. The standard InChI is InChI=1S/C26H16F5N3O8S/c27-18-6-4-15(10-19(18)28)33-23(37)21(11-22(35)36)43(41,42)25(33)17-9-16(34(39)40)5-7-20(17)32(24(25)38)12-13-2-1-3-14(8-13)26(29,30)31/h1-10,21H,11-12H2,(H,35,36). The molecule has 43 heavy (non-hydrogen) atoms. The average molecular weight is 625 g/mol. The van der Waals surface area contributed by atoms with Crippen molar-refractivity contribution in [1.29, 1.82) is 0 Å². The number of rotatable bonds is 6. The van der Waals surface area contributed by atoms with Gasteiger partial charge in [-0.15, -0.1) is 0 Å². The number of carboxylic acid groups (broad SMARTS) is 1. The van der Waals surface area contributed by atoms with Crippen LogP contribution < -0.4 is 9.80 Å². The Morgan fingerprint density at radius 1 is 1.02 bits per heavy atom. The summed E-state index contributed by atoms with van der Waals surface area (Å²) in [6.07, 6.45) is -6.16. The molecule has 224 valence electrons. The zero-order chi connectivity index (χ0) is 31.6. The van der Waals surface area contributed by atoms with Crippen LogP contribution in [0, 0.1) is 21.7 Å². The van der Waals surface area contributed by atoms with Gasteiger partial charge >= 0.3 is 12.1 Å². The van der Waals surface area contributed by atoms with Crippen LogP contribution in [0.15, 0.2) is 60.7 Å². The van der Waals surface area contributed by atoms with E-state index in [1.807, 2.05) is 0 Å². The molecule has 0 aliphatic carbocycles. The molecule has 1 N–H and O–H groups in total. The lowest BCUT2D eigenvalue weighted by Crippen LogP contribution is -2.54. The fraction of sp³-hybridized carbons (Fsp3) is 0.192. The molecule has 11 nitrogen and oxygen atoms in total. The number of carbonyl (C=O) groups excluding carboxylic acids is 2. The second-order valence-electron chi connectivity index (χ2n) is 9.60. The van der Waals surface area contributed by atoms with Crippen molar-refractivity contribution in [2.24, 2.45) is 0 Å². The van der Waals surface area contributed by atoms with Crippen molar-refractivity contribution in [3.05, 3.63) is 99.1 Å². The number of sulfone groups is 1. The number of nitro benzene ring substituents is 1. The number of carbonyl (C=O) groups is 3.